The molecule has 4 amide bonds. The van der Waals surface area contributed by atoms with Gasteiger partial charge in [0.25, 0.3) is 11.8 Å². The number of aromatic nitrogens is 3. The smallest absolute Gasteiger partial charge is 0.416 e. The highest BCUT2D eigenvalue weighted by atomic mass is 16.6. The van der Waals surface area contributed by atoms with E-state index in [-0.39, 0.29) is 41.3 Å². The van der Waals surface area contributed by atoms with Crippen LogP contribution in [0.1, 0.15) is 56.8 Å². The summed E-state index contributed by atoms with van der Waals surface area (Å²) in [6, 6.07) is 43.1. The summed E-state index contributed by atoms with van der Waals surface area (Å²) >= 11 is 0. The molecule has 2 aliphatic rings. The van der Waals surface area contributed by atoms with Crippen LogP contribution in [0.15, 0.2) is 170 Å². The molecule has 366 valence electrons. The number of carboxylic acid groups (broad SMARTS) is 1. The van der Waals surface area contributed by atoms with Crippen molar-refractivity contribution >= 4 is 41.3 Å². The van der Waals surface area contributed by atoms with E-state index >= 15 is 0 Å². The molecule has 18 heteroatoms. The van der Waals surface area contributed by atoms with Crippen LogP contribution in [0.3, 0.4) is 0 Å². The number of ether oxygens (including phenoxy) is 5. The fraction of sp³-hybridized carbons (Fsp3) is 0.185. The lowest BCUT2D eigenvalue weighted by Gasteiger charge is -2.31. The molecule has 3 N–H and O–H groups in total. The number of benzene rings is 4. The number of nitrogens with zero attached hydrogens (tertiary/aromatic N) is 5. The number of hydrogen-bond acceptors (Lipinski definition) is 13. The van der Waals surface area contributed by atoms with E-state index in [1.807, 2.05) is 48.5 Å². The SMILES string of the molecule is O=C(Nc1ccc(OC(=O)N2CCC(Oc3ccc(Oc4ccccn4)cc3)CC2)nc1)c1ccccc1.O=C(O)c1ccc(OC2CCN(C(=O)Oc3ccc(NC(=O)c4ccccc4)cn3)CC2)cc1. The van der Waals surface area contributed by atoms with Crippen LogP contribution in [0.5, 0.6) is 34.9 Å². The Hall–Kier alpha value is -9.32. The van der Waals surface area contributed by atoms with E-state index in [0.29, 0.717) is 91.7 Å². The molecule has 2 saturated heterocycles. The zero-order valence-corrected chi connectivity index (χ0v) is 38.7. The molecule has 5 heterocycles. The predicted octanol–water partition coefficient (Wildman–Crippen LogP) is 9.64. The van der Waals surface area contributed by atoms with E-state index < -0.39 is 18.2 Å². The summed E-state index contributed by atoms with van der Waals surface area (Å²) in [5, 5.41) is 14.5. The normalized spacial score (nSPS) is 13.6. The van der Waals surface area contributed by atoms with Crippen LogP contribution in [0.2, 0.25) is 0 Å². The van der Waals surface area contributed by atoms with Gasteiger partial charge in [-0.3, -0.25) is 9.59 Å². The number of aromatic carboxylic acids is 1. The zero-order chi connectivity index (χ0) is 50.1. The lowest BCUT2D eigenvalue weighted by molar-refractivity contribution is 0.0696. The van der Waals surface area contributed by atoms with Gasteiger partial charge in [0.1, 0.15) is 29.5 Å². The molecule has 0 radical (unpaired) electrons. The maximum absolute atomic E-state index is 12.6. The number of anilines is 2. The first kappa shape index (κ1) is 49.1. The number of nitrogens with one attached hydrogen (secondary N) is 2. The summed E-state index contributed by atoms with van der Waals surface area (Å²) in [5.74, 6) is 1.36. The van der Waals surface area contributed by atoms with Gasteiger partial charge in [0, 0.05) is 87.4 Å². The largest absolute Gasteiger partial charge is 0.490 e. The Balaban J connectivity index is 0.000000194. The maximum atomic E-state index is 12.6. The summed E-state index contributed by atoms with van der Waals surface area (Å²) < 4.78 is 28.5. The molecule has 7 aromatic rings. The van der Waals surface area contributed by atoms with Crippen molar-refractivity contribution in [3.05, 3.63) is 187 Å². The molecule has 0 spiro atoms. The maximum Gasteiger partial charge on any atom is 0.416 e. The molecule has 18 nitrogen and oxygen atoms in total. The Kier molecular flexibility index (Phi) is 16.6. The van der Waals surface area contributed by atoms with E-state index in [1.165, 1.54) is 30.6 Å². The molecule has 0 bridgehead atoms. The number of piperidine rings is 2. The number of carboxylic acids is 1. The molecule has 0 aliphatic carbocycles. The van der Waals surface area contributed by atoms with E-state index in [9.17, 15) is 24.0 Å². The van der Waals surface area contributed by atoms with Gasteiger partial charge in [-0.05, 0) is 91.0 Å². The van der Waals surface area contributed by atoms with Gasteiger partial charge in [0.05, 0.1) is 29.3 Å². The van der Waals surface area contributed by atoms with Crippen LogP contribution in [0.25, 0.3) is 0 Å². The number of hydrogen-bond donors (Lipinski definition) is 3. The van der Waals surface area contributed by atoms with Crippen molar-refractivity contribution < 1.29 is 52.8 Å². The molecule has 0 unspecified atom stereocenters. The monoisotopic (exact) mass is 971 g/mol. The van der Waals surface area contributed by atoms with Gasteiger partial charge in [-0.1, -0.05) is 42.5 Å². The second kappa shape index (κ2) is 24.3. The van der Waals surface area contributed by atoms with Crippen molar-refractivity contribution in [1.82, 2.24) is 24.8 Å². The third-order valence-corrected chi connectivity index (χ3v) is 11.2. The van der Waals surface area contributed by atoms with E-state index in [1.54, 1.807) is 101 Å². The highest BCUT2D eigenvalue weighted by molar-refractivity contribution is 6.04. The van der Waals surface area contributed by atoms with E-state index in [0.717, 1.165) is 5.75 Å². The third kappa shape index (κ3) is 14.4. The molecule has 0 atom stereocenters. The highest BCUT2D eigenvalue weighted by Gasteiger charge is 2.27. The third-order valence-electron chi connectivity index (χ3n) is 11.2. The number of rotatable bonds is 13. The van der Waals surface area contributed by atoms with Crippen molar-refractivity contribution in [1.29, 1.82) is 0 Å². The minimum absolute atomic E-state index is 0.00718. The Labute approximate surface area is 414 Å². The van der Waals surface area contributed by atoms with Crippen molar-refractivity contribution in [3.8, 4) is 34.9 Å². The molecule has 72 heavy (non-hydrogen) atoms. The highest BCUT2D eigenvalue weighted by Crippen LogP contribution is 2.26. The quantitative estimate of drug-likeness (QED) is 0.0980. The first-order chi connectivity index (χ1) is 35.1. The van der Waals surface area contributed by atoms with Crippen molar-refractivity contribution in [2.24, 2.45) is 0 Å². The van der Waals surface area contributed by atoms with Crippen LogP contribution >= 0.6 is 0 Å². The molecule has 4 aromatic carbocycles. The summed E-state index contributed by atoms with van der Waals surface area (Å²) in [6.45, 7) is 1.94. The van der Waals surface area contributed by atoms with E-state index in [4.69, 9.17) is 28.8 Å². The molecule has 2 fully saturated rings. The van der Waals surface area contributed by atoms with Gasteiger partial charge in [-0.25, -0.2) is 29.3 Å². The molecule has 3 aromatic heterocycles. The predicted molar refractivity (Wildman–Crippen MR) is 264 cm³/mol. The molecular weight excluding hydrogens is 923 g/mol. The van der Waals surface area contributed by atoms with E-state index in [2.05, 4.69) is 25.6 Å². The molecule has 2 aliphatic heterocycles. The number of amides is 4. The van der Waals surface area contributed by atoms with Gasteiger partial charge in [0.15, 0.2) is 0 Å². The van der Waals surface area contributed by atoms with Crippen molar-refractivity contribution in [2.45, 2.75) is 37.9 Å². The van der Waals surface area contributed by atoms with Crippen LogP contribution in [-0.2, 0) is 0 Å². The minimum Gasteiger partial charge on any atom is -0.490 e. The van der Waals surface area contributed by atoms with Crippen LogP contribution in [-0.4, -0.2) is 98.2 Å². The van der Waals surface area contributed by atoms with Gasteiger partial charge in [-0.15, -0.1) is 0 Å². The van der Waals surface area contributed by atoms with Crippen LogP contribution in [0, 0.1) is 0 Å². The second-order valence-electron chi connectivity index (χ2n) is 16.3. The fourth-order valence-corrected chi connectivity index (χ4v) is 7.41. The van der Waals surface area contributed by atoms with Gasteiger partial charge >= 0.3 is 18.2 Å². The molecule has 0 saturated carbocycles. The summed E-state index contributed by atoms with van der Waals surface area (Å²) in [7, 11) is 0. The Bertz CT molecular complexity index is 2880. The summed E-state index contributed by atoms with van der Waals surface area (Å²) in [6.07, 6.45) is 6.11. The lowest BCUT2D eigenvalue weighted by atomic mass is 10.1. The number of carbonyl (C=O) groups is 5. The van der Waals surface area contributed by atoms with Gasteiger partial charge in [0.2, 0.25) is 17.6 Å². The van der Waals surface area contributed by atoms with Crippen molar-refractivity contribution in [3.63, 3.8) is 0 Å². The number of pyridine rings is 3. The second-order valence-corrected chi connectivity index (χ2v) is 16.3. The van der Waals surface area contributed by atoms with Crippen molar-refractivity contribution in [2.75, 3.05) is 36.8 Å². The Morgan fingerprint density at radius 3 is 1.29 bits per heavy atom. The summed E-state index contributed by atoms with van der Waals surface area (Å²) in [4.78, 5) is 76.1. The topological polar surface area (TPSA) is 221 Å². The Morgan fingerprint density at radius 2 is 0.889 bits per heavy atom. The zero-order valence-electron chi connectivity index (χ0n) is 38.7. The average molecular weight is 972 g/mol. The Morgan fingerprint density at radius 1 is 0.458 bits per heavy atom. The fourth-order valence-electron chi connectivity index (χ4n) is 7.41. The number of likely N-dealkylation sites (tertiary alicyclic amines) is 2. The van der Waals surface area contributed by atoms with Gasteiger partial charge < -0.3 is 49.2 Å². The lowest BCUT2D eigenvalue weighted by Crippen LogP contribution is -2.43. The molecule has 9 rings (SSSR count). The van der Waals surface area contributed by atoms with Gasteiger partial charge in [-0.2, -0.15) is 0 Å². The van der Waals surface area contributed by atoms with Crippen LogP contribution in [0.4, 0.5) is 21.0 Å². The van der Waals surface area contributed by atoms with Crippen LogP contribution < -0.4 is 34.3 Å². The first-order valence-corrected chi connectivity index (χ1v) is 23.0. The summed E-state index contributed by atoms with van der Waals surface area (Å²) in [5.41, 5.74) is 2.27. The molecular formula is C54H49N7O11. The average Bonchev–Trinajstić information content (AvgIpc) is 3.42. The first-order valence-electron chi connectivity index (χ1n) is 23.0. The standard InChI is InChI=1S/C29H26N4O5.C25H23N3O6/c34-28(21-6-2-1-3-7-21)32-22-9-14-27(31-20-22)38-29(35)33-18-15-25(16-19-33)36-23-10-12-24(13-11-23)37-26-8-4-5-17-30-26;29-23(17-4-2-1-3-5-17)27-19-8-11-22(26-16-19)34-25(32)28-14-12-21(13-15-28)33-20-9-6-18(7-10-20)24(30)31/h1-14,17,20,25H,15-16,18-19H2,(H,32,34);1-11,16,21H,12-15H2,(H,27,29)(H,30,31). The minimum atomic E-state index is -0.987. The number of carbonyl (C=O) groups excluding carboxylic acids is 4.